The number of hydrogen-bond donors (Lipinski definition) is 0. The maximum atomic E-state index is 12.2. The van der Waals surface area contributed by atoms with Crippen LogP contribution in [-0.2, 0) is 9.84 Å². The van der Waals surface area contributed by atoms with Gasteiger partial charge in [0.25, 0.3) is 0 Å². The van der Waals surface area contributed by atoms with Gasteiger partial charge in [-0.25, -0.2) is 8.42 Å². The SMILES string of the molecule is CC(C)CC(C)(C)S(=O)(=O)CC(C)(C)C. The van der Waals surface area contributed by atoms with Crippen LogP contribution < -0.4 is 0 Å². The van der Waals surface area contributed by atoms with Crippen LogP contribution in [-0.4, -0.2) is 18.9 Å². The molecule has 0 aromatic carbocycles. The van der Waals surface area contributed by atoms with Crippen molar-refractivity contribution in [2.45, 2.75) is 59.6 Å². The number of rotatable bonds is 4. The zero-order valence-electron chi connectivity index (χ0n) is 11.2. The molecule has 92 valence electrons. The first kappa shape index (κ1) is 14.9. The lowest BCUT2D eigenvalue weighted by molar-refractivity contribution is 0.428. The van der Waals surface area contributed by atoms with Gasteiger partial charge in [0.05, 0.1) is 10.5 Å². The van der Waals surface area contributed by atoms with Crippen LogP contribution in [0, 0.1) is 11.3 Å². The monoisotopic (exact) mass is 234 g/mol. The maximum Gasteiger partial charge on any atom is 0.155 e. The molecule has 0 rings (SSSR count). The Hall–Kier alpha value is -0.0500. The average molecular weight is 234 g/mol. The lowest BCUT2D eigenvalue weighted by Gasteiger charge is -2.30. The average Bonchev–Trinajstić information content (AvgIpc) is 1.75. The quantitative estimate of drug-likeness (QED) is 0.748. The van der Waals surface area contributed by atoms with Crippen molar-refractivity contribution >= 4 is 9.84 Å². The molecular weight excluding hydrogens is 208 g/mol. The van der Waals surface area contributed by atoms with E-state index in [0.717, 1.165) is 6.42 Å². The smallest absolute Gasteiger partial charge is 0.155 e. The van der Waals surface area contributed by atoms with Gasteiger partial charge < -0.3 is 0 Å². The highest BCUT2D eigenvalue weighted by molar-refractivity contribution is 7.92. The van der Waals surface area contributed by atoms with Crippen LogP contribution in [0.1, 0.15) is 54.9 Å². The Labute approximate surface area is 95.4 Å². The van der Waals surface area contributed by atoms with E-state index in [1.54, 1.807) is 0 Å². The van der Waals surface area contributed by atoms with Gasteiger partial charge in [-0.1, -0.05) is 34.6 Å². The Morgan fingerprint density at radius 2 is 1.40 bits per heavy atom. The first-order valence-electron chi connectivity index (χ1n) is 5.60. The summed E-state index contributed by atoms with van der Waals surface area (Å²) in [5.74, 6) is 0.675. The third kappa shape index (κ3) is 5.01. The third-order valence-corrected chi connectivity index (χ3v) is 5.46. The molecule has 0 spiro atoms. The summed E-state index contributed by atoms with van der Waals surface area (Å²) in [5, 5.41) is 0. The van der Waals surface area contributed by atoms with E-state index in [1.807, 2.05) is 34.6 Å². The fraction of sp³-hybridized carbons (Fsp3) is 1.00. The minimum Gasteiger partial charge on any atom is -0.228 e. The van der Waals surface area contributed by atoms with Gasteiger partial charge in [-0.3, -0.25) is 0 Å². The fourth-order valence-electron chi connectivity index (χ4n) is 1.88. The maximum absolute atomic E-state index is 12.2. The summed E-state index contributed by atoms with van der Waals surface area (Å²) in [6.45, 7) is 13.7. The first-order chi connectivity index (χ1) is 6.37. The predicted octanol–water partition coefficient (Wildman–Crippen LogP) is 3.27. The number of hydrogen-bond acceptors (Lipinski definition) is 2. The van der Waals surface area contributed by atoms with Gasteiger partial charge >= 0.3 is 0 Å². The van der Waals surface area contributed by atoms with E-state index in [-0.39, 0.29) is 11.2 Å². The lowest BCUT2D eigenvalue weighted by atomic mass is 9.99. The topological polar surface area (TPSA) is 34.1 Å². The van der Waals surface area contributed by atoms with Crippen molar-refractivity contribution in [2.24, 2.45) is 11.3 Å². The molecule has 0 unspecified atom stereocenters. The van der Waals surface area contributed by atoms with E-state index in [1.165, 1.54) is 0 Å². The summed E-state index contributed by atoms with van der Waals surface area (Å²) in [4.78, 5) is 0. The van der Waals surface area contributed by atoms with Crippen molar-refractivity contribution in [3.63, 3.8) is 0 Å². The van der Waals surface area contributed by atoms with Crippen LogP contribution in [0.15, 0.2) is 0 Å². The van der Waals surface area contributed by atoms with Crippen molar-refractivity contribution in [1.29, 1.82) is 0 Å². The third-order valence-electron chi connectivity index (χ3n) is 2.36. The van der Waals surface area contributed by atoms with E-state index in [4.69, 9.17) is 0 Å². The molecule has 0 atom stereocenters. The minimum atomic E-state index is -3.01. The van der Waals surface area contributed by atoms with Crippen LogP contribution in [0.5, 0.6) is 0 Å². The first-order valence-corrected chi connectivity index (χ1v) is 7.25. The van der Waals surface area contributed by atoms with Gasteiger partial charge in [0.15, 0.2) is 9.84 Å². The molecule has 0 aromatic heterocycles. The van der Waals surface area contributed by atoms with Gasteiger partial charge in [-0.15, -0.1) is 0 Å². The molecule has 0 N–H and O–H groups in total. The van der Waals surface area contributed by atoms with Gasteiger partial charge in [-0.2, -0.15) is 0 Å². The highest BCUT2D eigenvalue weighted by Gasteiger charge is 2.37. The molecule has 0 amide bonds. The molecule has 2 nitrogen and oxygen atoms in total. The highest BCUT2D eigenvalue weighted by Crippen LogP contribution is 2.30. The van der Waals surface area contributed by atoms with Gasteiger partial charge in [0.2, 0.25) is 0 Å². The molecule has 0 aliphatic heterocycles. The second-order valence-electron chi connectivity index (χ2n) is 6.68. The Morgan fingerprint density at radius 1 is 1.00 bits per heavy atom. The molecule has 0 aromatic rings. The fourth-order valence-corrected chi connectivity index (χ4v) is 3.99. The Balaban J connectivity index is 4.87. The molecule has 0 heterocycles. The normalized spacial score (nSPS) is 14.7. The van der Waals surface area contributed by atoms with E-state index in [0.29, 0.717) is 5.92 Å². The van der Waals surface area contributed by atoms with Crippen LogP contribution in [0.3, 0.4) is 0 Å². The molecule has 0 saturated carbocycles. The molecule has 0 radical (unpaired) electrons. The van der Waals surface area contributed by atoms with E-state index < -0.39 is 14.6 Å². The standard InChI is InChI=1S/C12H26O2S/c1-10(2)8-12(6,7)15(13,14)9-11(3,4)5/h10H,8-9H2,1-7H3. The van der Waals surface area contributed by atoms with E-state index in [9.17, 15) is 8.42 Å². The van der Waals surface area contributed by atoms with Crippen molar-refractivity contribution in [3.8, 4) is 0 Å². The summed E-state index contributed by atoms with van der Waals surface area (Å²) in [6.07, 6.45) is 0.728. The lowest BCUT2D eigenvalue weighted by Crippen LogP contribution is -2.38. The van der Waals surface area contributed by atoms with Gasteiger partial charge in [0, 0.05) is 0 Å². The number of sulfone groups is 1. The molecule has 0 aliphatic rings. The molecule has 0 bridgehead atoms. The molecule has 15 heavy (non-hydrogen) atoms. The Morgan fingerprint density at radius 3 is 1.67 bits per heavy atom. The highest BCUT2D eigenvalue weighted by atomic mass is 32.2. The van der Waals surface area contributed by atoms with Crippen LogP contribution in [0.4, 0.5) is 0 Å². The van der Waals surface area contributed by atoms with Crippen molar-refractivity contribution in [3.05, 3.63) is 0 Å². The minimum absolute atomic E-state index is 0.160. The van der Waals surface area contributed by atoms with Crippen LogP contribution in [0.2, 0.25) is 0 Å². The second kappa shape index (κ2) is 4.44. The van der Waals surface area contributed by atoms with Gasteiger partial charge in [-0.05, 0) is 31.6 Å². The predicted molar refractivity (Wildman–Crippen MR) is 66.8 cm³/mol. The van der Waals surface area contributed by atoms with E-state index >= 15 is 0 Å². The summed E-state index contributed by atoms with van der Waals surface area (Å²) >= 11 is 0. The summed E-state index contributed by atoms with van der Waals surface area (Å²) in [5.41, 5.74) is -0.160. The van der Waals surface area contributed by atoms with Crippen molar-refractivity contribution < 1.29 is 8.42 Å². The summed E-state index contributed by atoms with van der Waals surface area (Å²) in [6, 6.07) is 0. The molecule has 0 aliphatic carbocycles. The molecule has 3 heteroatoms. The van der Waals surface area contributed by atoms with E-state index in [2.05, 4.69) is 13.8 Å². The van der Waals surface area contributed by atoms with Crippen molar-refractivity contribution in [2.75, 3.05) is 5.75 Å². The summed E-state index contributed by atoms with van der Waals surface area (Å²) < 4.78 is 23.8. The zero-order valence-corrected chi connectivity index (χ0v) is 12.0. The zero-order chi connectivity index (χ0) is 12.5. The molecule has 0 fully saturated rings. The van der Waals surface area contributed by atoms with Crippen LogP contribution in [0.25, 0.3) is 0 Å². The molecular formula is C12H26O2S. The van der Waals surface area contributed by atoms with Gasteiger partial charge in [0.1, 0.15) is 0 Å². The summed E-state index contributed by atoms with van der Waals surface area (Å²) in [7, 11) is -3.01. The second-order valence-corrected chi connectivity index (χ2v) is 9.30. The largest absolute Gasteiger partial charge is 0.228 e. The molecule has 0 saturated heterocycles. The van der Waals surface area contributed by atoms with Crippen LogP contribution >= 0.6 is 0 Å². The Bertz CT molecular complexity index is 292. The van der Waals surface area contributed by atoms with Crippen molar-refractivity contribution in [1.82, 2.24) is 0 Å². The Kier molecular flexibility index (Phi) is 4.43.